The van der Waals surface area contributed by atoms with Gasteiger partial charge >= 0.3 is 0 Å². The highest BCUT2D eigenvalue weighted by atomic mass is 19.1. The third-order valence-electron chi connectivity index (χ3n) is 3.46. The zero-order valence-corrected chi connectivity index (χ0v) is 13.3. The molecule has 2 rings (SSSR count). The van der Waals surface area contributed by atoms with Crippen LogP contribution in [-0.2, 0) is 4.79 Å². The standard InChI is InChI=1S/C18H19F2NO2/c1-11(2)14-8-7-13(9-12(14)3)23-10-17(22)21-18-15(19)5-4-6-16(18)20/h4-9,11H,10H2,1-3H3,(H,21,22). The van der Waals surface area contributed by atoms with E-state index in [-0.39, 0.29) is 6.61 Å². The van der Waals surface area contributed by atoms with Crippen molar-refractivity contribution in [3.8, 4) is 5.75 Å². The van der Waals surface area contributed by atoms with E-state index in [1.54, 1.807) is 6.07 Å². The minimum Gasteiger partial charge on any atom is -0.484 e. The molecular weight excluding hydrogens is 300 g/mol. The average Bonchev–Trinajstić information content (AvgIpc) is 2.49. The molecule has 0 aliphatic heterocycles. The number of hydrogen-bond donors (Lipinski definition) is 1. The molecule has 3 nitrogen and oxygen atoms in total. The van der Waals surface area contributed by atoms with Gasteiger partial charge < -0.3 is 10.1 Å². The van der Waals surface area contributed by atoms with Crippen molar-refractivity contribution >= 4 is 11.6 Å². The average molecular weight is 319 g/mol. The van der Waals surface area contributed by atoms with Crippen LogP contribution in [0.5, 0.6) is 5.75 Å². The topological polar surface area (TPSA) is 38.3 Å². The number of rotatable bonds is 5. The Balaban J connectivity index is 1.98. The molecule has 0 heterocycles. The first-order valence-corrected chi connectivity index (χ1v) is 7.35. The van der Waals surface area contributed by atoms with Gasteiger partial charge in [0, 0.05) is 0 Å². The van der Waals surface area contributed by atoms with Crippen LogP contribution >= 0.6 is 0 Å². The van der Waals surface area contributed by atoms with E-state index >= 15 is 0 Å². The maximum atomic E-state index is 13.5. The second-order valence-electron chi connectivity index (χ2n) is 5.61. The Bertz CT molecular complexity index is 694. The van der Waals surface area contributed by atoms with Crippen LogP contribution in [0.1, 0.15) is 30.9 Å². The number of ether oxygens (including phenoxy) is 1. The number of halogens is 2. The lowest BCUT2D eigenvalue weighted by molar-refractivity contribution is -0.118. The van der Waals surface area contributed by atoms with E-state index in [1.165, 1.54) is 11.6 Å². The summed E-state index contributed by atoms with van der Waals surface area (Å²) in [4.78, 5) is 11.8. The molecule has 0 radical (unpaired) electrons. The van der Waals surface area contributed by atoms with Crippen molar-refractivity contribution in [3.63, 3.8) is 0 Å². The van der Waals surface area contributed by atoms with E-state index in [1.807, 2.05) is 19.1 Å². The fourth-order valence-electron chi connectivity index (χ4n) is 2.33. The number of benzene rings is 2. The zero-order valence-electron chi connectivity index (χ0n) is 13.3. The predicted molar refractivity (Wildman–Crippen MR) is 85.8 cm³/mol. The van der Waals surface area contributed by atoms with Crippen LogP contribution in [0.2, 0.25) is 0 Å². The van der Waals surface area contributed by atoms with Gasteiger partial charge in [0.05, 0.1) is 0 Å². The summed E-state index contributed by atoms with van der Waals surface area (Å²) in [6.07, 6.45) is 0. The molecule has 1 N–H and O–H groups in total. The third-order valence-corrected chi connectivity index (χ3v) is 3.46. The fourth-order valence-corrected chi connectivity index (χ4v) is 2.33. The highest BCUT2D eigenvalue weighted by Gasteiger charge is 2.12. The predicted octanol–water partition coefficient (Wildman–Crippen LogP) is 4.41. The van der Waals surface area contributed by atoms with Crippen LogP contribution in [0.25, 0.3) is 0 Å². The summed E-state index contributed by atoms with van der Waals surface area (Å²) >= 11 is 0. The Hall–Kier alpha value is -2.43. The Labute approximate surface area is 134 Å². The Morgan fingerprint density at radius 2 is 1.83 bits per heavy atom. The van der Waals surface area contributed by atoms with Crippen molar-refractivity contribution in [3.05, 3.63) is 59.2 Å². The van der Waals surface area contributed by atoms with Gasteiger partial charge in [-0.25, -0.2) is 8.78 Å². The van der Waals surface area contributed by atoms with Gasteiger partial charge in [-0.3, -0.25) is 4.79 Å². The van der Waals surface area contributed by atoms with Crippen molar-refractivity contribution in [2.45, 2.75) is 26.7 Å². The SMILES string of the molecule is Cc1cc(OCC(=O)Nc2c(F)cccc2F)ccc1C(C)C. The first-order chi connectivity index (χ1) is 10.9. The molecule has 23 heavy (non-hydrogen) atoms. The number of amides is 1. The molecule has 0 bridgehead atoms. The summed E-state index contributed by atoms with van der Waals surface area (Å²) in [5.41, 5.74) is 1.81. The van der Waals surface area contributed by atoms with Crippen LogP contribution in [-0.4, -0.2) is 12.5 Å². The number of aryl methyl sites for hydroxylation is 1. The van der Waals surface area contributed by atoms with Crippen LogP contribution < -0.4 is 10.1 Å². The highest BCUT2D eigenvalue weighted by molar-refractivity contribution is 5.92. The van der Waals surface area contributed by atoms with Crippen LogP contribution in [0.15, 0.2) is 36.4 Å². The number of nitrogens with one attached hydrogen (secondary N) is 1. The van der Waals surface area contributed by atoms with Crippen molar-refractivity contribution < 1.29 is 18.3 Å². The van der Waals surface area contributed by atoms with E-state index in [0.29, 0.717) is 11.7 Å². The van der Waals surface area contributed by atoms with E-state index < -0.39 is 23.2 Å². The van der Waals surface area contributed by atoms with Crippen LogP contribution in [0.4, 0.5) is 14.5 Å². The van der Waals surface area contributed by atoms with Gasteiger partial charge in [-0.1, -0.05) is 26.0 Å². The third kappa shape index (κ3) is 4.28. The molecule has 0 spiro atoms. The monoisotopic (exact) mass is 319 g/mol. The Morgan fingerprint density at radius 3 is 2.39 bits per heavy atom. The highest BCUT2D eigenvalue weighted by Crippen LogP contribution is 2.23. The van der Waals surface area contributed by atoms with Gasteiger partial charge in [0.2, 0.25) is 0 Å². The summed E-state index contributed by atoms with van der Waals surface area (Å²) in [5, 5.41) is 2.18. The van der Waals surface area contributed by atoms with Gasteiger partial charge in [-0.2, -0.15) is 0 Å². The van der Waals surface area contributed by atoms with Crippen molar-refractivity contribution in [1.29, 1.82) is 0 Å². The lowest BCUT2D eigenvalue weighted by Gasteiger charge is -2.13. The minimum absolute atomic E-state index is 0.325. The number of carbonyl (C=O) groups excluding carboxylic acids is 1. The molecule has 2 aromatic rings. The zero-order chi connectivity index (χ0) is 17.0. The second-order valence-corrected chi connectivity index (χ2v) is 5.61. The maximum Gasteiger partial charge on any atom is 0.262 e. The summed E-state index contributed by atoms with van der Waals surface area (Å²) < 4.78 is 32.3. The summed E-state index contributed by atoms with van der Waals surface area (Å²) in [6, 6.07) is 8.95. The van der Waals surface area contributed by atoms with Crippen molar-refractivity contribution in [2.75, 3.05) is 11.9 Å². The molecule has 0 aliphatic carbocycles. The van der Waals surface area contributed by atoms with Gasteiger partial charge in [-0.05, 0) is 48.2 Å². The van der Waals surface area contributed by atoms with Gasteiger partial charge in [0.15, 0.2) is 6.61 Å². The van der Waals surface area contributed by atoms with Gasteiger partial charge in [-0.15, -0.1) is 0 Å². The molecule has 1 amide bonds. The molecule has 0 saturated heterocycles. The lowest BCUT2D eigenvalue weighted by atomic mass is 9.98. The minimum atomic E-state index is -0.824. The number of hydrogen-bond acceptors (Lipinski definition) is 2. The van der Waals surface area contributed by atoms with E-state index in [2.05, 4.69) is 19.2 Å². The second kappa shape index (κ2) is 7.22. The number of para-hydroxylation sites is 1. The van der Waals surface area contributed by atoms with Crippen LogP contribution in [0, 0.1) is 18.6 Å². The summed E-state index contributed by atoms with van der Waals surface area (Å²) in [5.74, 6) is -1.34. The first kappa shape index (κ1) is 16.9. The lowest BCUT2D eigenvalue weighted by Crippen LogP contribution is -2.21. The summed E-state index contributed by atoms with van der Waals surface area (Å²) in [7, 11) is 0. The normalized spacial score (nSPS) is 10.7. The molecule has 0 unspecified atom stereocenters. The van der Waals surface area contributed by atoms with Crippen molar-refractivity contribution in [2.24, 2.45) is 0 Å². The van der Waals surface area contributed by atoms with Crippen molar-refractivity contribution in [1.82, 2.24) is 0 Å². The quantitative estimate of drug-likeness (QED) is 0.886. The molecule has 2 aromatic carbocycles. The van der Waals surface area contributed by atoms with E-state index in [0.717, 1.165) is 17.7 Å². The molecule has 5 heteroatoms. The van der Waals surface area contributed by atoms with Gasteiger partial charge in [0.25, 0.3) is 5.91 Å². The summed E-state index contributed by atoms with van der Waals surface area (Å²) in [6.45, 7) is 5.84. The van der Waals surface area contributed by atoms with E-state index in [4.69, 9.17) is 4.74 Å². The fraction of sp³-hybridized carbons (Fsp3) is 0.278. The molecule has 0 saturated carbocycles. The molecular formula is C18H19F2NO2. The van der Waals surface area contributed by atoms with E-state index in [9.17, 15) is 13.6 Å². The molecule has 0 fully saturated rings. The maximum absolute atomic E-state index is 13.5. The Kier molecular flexibility index (Phi) is 5.32. The molecule has 122 valence electrons. The van der Waals surface area contributed by atoms with Gasteiger partial charge in [0.1, 0.15) is 23.1 Å². The molecule has 0 atom stereocenters. The molecule has 0 aromatic heterocycles. The first-order valence-electron chi connectivity index (χ1n) is 7.35. The molecule has 0 aliphatic rings. The number of carbonyl (C=O) groups is 1. The Morgan fingerprint density at radius 1 is 1.17 bits per heavy atom. The van der Waals surface area contributed by atoms with Crippen LogP contribution in [0.3, 0.4) is 0 Å². The largest absolute Gasteiger partial charge is 0.484 e. The number of anilines is 1. The smallest absolute Gasteiger partial charge is 0.262 e.